The van der Waals surface area contributed by atoms with Gasteiger partial charge in [-0.3, -0.25) is 4.79 Å². The van der Waals surface area contributed by atoms with Gasteiger partial charge in [-0.2, -0.15) is 0 Å². The number of aryl methyl sites for hydroxylation is 1. The van der Waals surface area contributed by atoms with Gasteiger partial charge in [-0.05, 0) is 36.4 Å². The first kappa shape index (κ1) is 21.5. The number of carbonyl (C=O) groups excluding carboxylic acids is 1. The normalized spacial score (nSPS) is 10.4. The van der Waals surface area contributed by atoms with Gasteiger partial charge < -0.3 is 19.9 Å². The van der Waals surface area contributed by atoms with E-state index in [0.717, 1.165) is 16.6 Å². The second kappa shape index (κ2) is 9.07. The summed E-state index contributed by atoms with van der Waals surface area (Å²) in [6, 6.07) is 16.6. The van der Waals surface area contributed by atoms with Crippen LogP contribution in [0.3, 0.4) is 0 Å². The van der Waals surface area contributed by atoms with Gasteiger partial charge in [0, 0.05) is 47.3 Å². The predicted octanol–water partition coefficient (Wildman–Crippen LogP) is 5.65. The molecule has 30 heavy (non-hydrogen) atoms. The molecule has 0 spiro atoms. The topological polar surface area (TPSA) is 68.2 Å². The number of methoxy groups -OCH3 is 1. The van der Waals surface area contributed by atoms with Crippen LogP contribution in [0.4, 0.5) is 17.2 Å². The van der Waals surface area contributed by atoms with Crippen LogP contribution >= 0.6 is 24.0 Å². The molecule has 0 aliphatic heterocycles. The summed E-state index contributed by atoms with van der Waals surface area (Å²) in [5.74, 6) is 1.08. The van der Waals surface area contributed by atoms with Crippen molar-refractivity contribution in [2.75, 3.05) is 17.7 Å². The number of ether oxygens (including phenoxy) is 1. The van der Waals surface area contributed by atoms with Gasteiger partial charge in [-0.1, -0.05) is 23.7 Å². The van der Waals surface area contributed by atoms with Gasteiger partial charge in [0.2, 0.25) is 0 Å². The summed E-state index contributed by atoms with van der Waals surface area (Å²) in [5, 5.41) is 7.66. The summed E-state index contributed by atoms with van der Waals surface area (Å²) in [7, 11) is 3.48. The molecule has 154 valence electrons. The number of amides is 1. The Morgan fingerprint density at radius 3 is 2.63 bits per heavy atom. The molecule has 0 unspecified atom stereocenters. The molecule has 2 N–H and O–H groups in total. The first-order chi connectivity index (χ1) is 14.0. The lowest BCUT2D eigenvalue weighted by Gasteiger charge is -2.12. The van der Waals surface area contributed by atoms with E-state index in [9.17, 15) is 4.79 Å². The number of benzene rings is 2. The van der Waals surface area contributed by atoms with Crippen molar-refractivity contribution in [2.45, 2.75) is 0 Å². The van der Waals surface area contributed by atoms with E-state index in [1.54, 1.807) is 19.4 Å². The molecule has 2 aromatic heterocycles. The van der Waals surface area contributed by atoms with Crippen LogP contribution in [0.5, 0.6) is 5.75 Å². The quantitative estimate of drug-likeness (QED) is 0.418. The third-order valence-corrected chi connectivity index (χ3v) is 4.80. The van der Waals surface area contributed by atoms with Gasteiger partial charge in [-0.15, -0.1) is 12.4 Å². The van der Waals surface area contributed by atoms with Crippen LogP contribution in [-0.2, 0) is 7.05 Å². The largest absolute Gasteiger partial charge is 0.497 e. The van der Waals surface area contributed by atoms with Gasteiger partial charge in [0.25, 0.3) is 5.91 Å². The van der Waals surface area contributed by atoms with Gasteiger partial charge in [0.15, 0.2) is 0 Å². The van der Waals surface area contributed by atoms with Crippen molar-refractivity contribution in [1.82, 2.24) is 9.55 Å². The van der Waals surface area contributed by atoms with E-state index in [4.69, 9.17) is 16.3 Å². The molecule has 2 aromatic carbocycles. The third kappa shape index (κ3) is 4.35. The average molecular weight is 443 g/mol. The van der Waals surface area contributed by atoms with Gasteiger partial charge in [0.05, 0.1) is 18.2 Å². The fourth-order valence-corrected chi connectivity index (χ4v) is 3.37. The summed E-state index contributed by atoms with van der Waals surface area (Å²) >= 11 is 6.07. The maximum absolute atomic E-state index is 12.9. The van der Waals surface area contributed by atoms with E-state index in [2.05, 4.69) is 15.6 Å². The molecule has 0 atom stereocenters. The number of halogens is 2. The van der Waals surface area contributed by atoms with E-state index in [0.29, 0.717) is 27.8 Å². The van der Waals surface area contributed by atoms with Crippen molar-refractivity contribution in [1.29, 1.82) is 0 Å². The molecule has 0 radical (unpaired) electrons. The van der Waals surface area contributed by atoms with Crippen molar-refractivity contribution in [3.05, 3.63) is 77.6 Å². The van der Waals surface area contributed by atoms with E-state index in [1.165, 1.54) is 0 Å². The first-order valence-corrected chi connectivity index (χ1v) is 9.35. The summed E-state index contributed by atoms with van der Waals surface area (Å²) in [5.41, 5.74) is 2.73. The van der Waals surface area contributed by atoms with E-state index < -0.39 is 0 Å². The summed E-state index contributed by atoms with van der Waals surface area (Å²) in [6.07, 6.45) is 3.47. The number of rotatable bonds is 5. The number of carbonyl (C=O) groups is 1. The van der Waals surface area contributed by atoms with Crippen LogP contribution in [0.1, 0.15) is 10.4 Å². The van der Waals surface area contributed by atoms with Crippen molar-refractivity contribution in [3.8, 4) is 5.75 Å². The number of hydrogen-bond acceptors (Lipinski definition) is 4. The predicted molar refractivity (Wildman–Crippen MR) is 124 cm³/mol. The molecule has 4 aromatic rings. The lowest BCUT2D eigenvalue weighted by atomic mass is 10.1. The van der Waals surface area contributed by atoms with Crippen LogP contribution in [-0.4, -0.2) is 22.6 Å². The van der Waals surface area contributed by atoms with Gasteiger partial charge >= 0.3 is 0 Å². The second-order valence-corrected chi connectivity index (χ2v) is 6.97. The molecule has 4 rings (SSSR count). The monoisotopic (exact) mass is 442 g/mol. The zero-order valence-electron chi connectivity index (χ0n) is 16.3. The Hall–Kier alpha value is -3.22. The summed E-state index contributed by atoms with van der Waals surface area (Å²) < 4.78 is 7.12. The van der Waals surface area contributed by atoms with Crippen LogP contribution in [0, 0.1) is 0 Å². The van der Waals surface area contributed by atoms with Gasteiger partial charge in [0.1, 0.15) is 11.6 Å². The van der Waals surface area contributed by atoms with Crippen molar-refractivity contribution in [2.24, 2.45) is 7.05 Å². The SMILES string of the molecule is COc1cccc(NC(=O)c2cnc(Nc3cccc(Cl)c3)c3ccn(C)c23)c1.Cl. The highest BCUT2D eigenvalue weighted by Gasteiger charge is 2.17. The highest BCUT2D eigenvalue weighted by Crippen LogP contribution is 2.29. The molecular weight excluding hydrogens is 423 g/mol. The van der Waals surface area contributed by atoms with E-state index >= 15 is 0 Å². The number of fused-ring (bicyclic) bond motifs is 1. The molecular formula is C22H20Cl2N4O2. The Morgan fingerprint density at radius 2 is 1.87 bits per heavy atom. The fourth-order valence-electron chi connectivity index (χ4n) is 3.18. The van der Waals surface area contributed by atoms with Crippen LogP contribution < -0.4 is 15.4 Å². The summed E-state index contributed by atoms with van der Waals surface area (Å²) in [4.78, 5) is 17.4. The Kier molecular flexibility index (Phi) is 6.50. The molecule has 8 heteroatoms. The average Bonchev–Trinajstić information content (AvgIpc) is 3.11. The third-order valence-electron chi connectivity index (χ3n) is 4.57. The number of aromatic nitrogens is 2. The van der Waals surface area contributed by atoms with Crippen molar-refractivity contribution >= 4 is 58.0 Å². The molecule has 0 aliphatic carbocycles. The number of nitrogens with one attached hydrogen (secondary N) is 2. The minimum Gasteiger partial charge on any atom is -0.497 e. The molecule has 0 saturated heterocycles. The molecule has 0 aliphatic rings. The maximum Gasteiger partial charge on any atom is 0.259 e. The van der Waals surface area contributed by atoms with Crippen molar-refractivity contribution < 1.29 is 9.53 Å². The standard InChI is InChI=1S/C22H19ClN4O2.ClH/c1-27-10-9-18-20(27)19(22(28)26-16-7-4-8-17(12-16)29-2)13-24-21(18)25-15-6-3-5-14(23)11-15;/h3-13H,1-2H3,(H,24,25)(H,26,28);1H. The Balaban J connectivity index is 0.00000256. The zero-order chi connectivity index (χ0) is 20.4. The highest BCUT2D eigenvalue weighted by molar-refractivity contribution is 6.30. The van der Waals surface area contributed by atoms with Crippen LogP contribution in [0.25, 0.3) is 10.9 Å². The lowest BCUT2D eigenvalue weighted by Crippen LogP contribution is -2.14. The second-order valence-electron chi connectivity index (χ2n) is 6.53. The highest BCUT2D eigenvalue weighted by atomic mass is 35.5. The molecule has 1 amide bonds. The Bertz CT molecular complexity index is 1210. The Labute approximate surface area is 185 Å². The number of anilines is 3. The van der Waals surface area contributed by atoms with Crippen LogP contribution in [0.2, 0.25) is 5.02 Å². The first-order valence-electron chi connectivity index (χ1n) is 8.97. The molecule has 0 fully saturated rings. The lowest BCUT2D eigenvalue weighted by molar-refractivity contribution is 0.102. The molecule has 6 nitrogen and oxygen atoms in total. The minimum atomic E-state index is -0.244. The summed E-state index contributed by atoms with van der Waals surface area (Å²) in [6.45, 7) is 0. The maximum atomic E-state index is 12.9. The zero-order valence-corrected chi connectivity index (χ0v) is 17.9. The van der Waals surface area contributed by atoms with Crippen molar-refractivity contribution in [3.63, 3.8) is 0 Å². The minimum absolute atomic E-state index is 0. The Morgan fingerprint density at radius 1 is 1.10 bits per heavy atom. The number of hydrogen-bond donors (Lipinski definition) is 2. The number of nitrogens with zero attached hydrogens (tertiary/aromatic N) is 2. The van der Waals surface area contributed by atoms with E-state index in [-0.39, 0.29) is 18.3 Å². The smallest absolute Gasteiger partial charge is 0.259 e. The fraction of sp³-hybridized carbons (Fsp3) is 0.0909. The van der Waals surface area contributed by atoms with E-state index in [1.807, 2.05) is 66.3 Å². The molecule has 0 bridgehead atoms. The molecule has 0 saturated carbocycles. The molecule has 2 heterocycles. The van der Waals surface area contributed by atoms with Gasteiger partial charge in [-0.25, -0.2) is 4.98 Å². The number of pyridine rings is 1. The van der Waals surface area contributed by atoms with Crippen LogP contribution in [0.15, 0.2) is 67.0 Å².